The first-order chi connectivity index (χ1) is 7.66. The molecule has 0 amide bonds. The number of aromatic nitrogens is 3. The maximum Gasteiger partial charge on any atom is 0.138 e. The van der Waals surface area contributed by atoms with Crippen LogP contribution in [0.5, 0.6) is 0 Å². The largest absolute Gasteiger partial charge is 0.398 e. The maximum atomic E-state index is 5.94. The van der Waals surface area contributed by atoms with Gasteiger partial charge in [0.1, 0.15) is 12.2 Å². The molecule has 2 rings (SSSR count). The van der Waals surface area contributed by atoms with E-state index in [0.29, 0.717) is 0 Å². The van der Waals surface area contributed by atoms with Crippen LogP contribution in [-0.4, -0.2) is 14.8 Å². The standard InChI is InChI=1S/C11H14N4S/c1-8-3-4-10(9(12)5-8)16-6-11-13-7-14-15(11)2/h3-5,7H,6,12H2,1-2H3. The molecule has 0 saturated carbocycles. The van der Waals surface area contributed by atoms with E-state index >= 15 is 0 Å². The van der Waals surface area contributed by atoms with Gasteiger partial charge in [0, 0.05) is 17.6 Å². The lowest BCUT2D eigenvalue weighted by atomic mass is 10.2. The molecule has 0 bridgehead atoms. The Morgan fingerprint density at radius 1 is 1.44 bits per heavy atom. The van der Waals surface area contributed by atoms with Crippen molar-refractivity contribution in [1.29, 1.82) is 0 Å². The lowest BCUT2D eigenvalue weighted by Crippen LogP contribution is -1.98. The molecule has 0 fully saturated rings. The number of hydrogen-bond acceptors (Lipinski definition) is 4. The monoisotopic (exact) mass is 234 g/mol. The summed E-state index contributed by atoms with van der Waals surface area (Å²) < 4.78 is 1.78. The van der Waals surface area contributed by atoms with E-state index in [0.717, 1.165) is 22.2 Å². The molecular formula is C11H14N4S. The number of nitrogen functional groups attached to an aromatic ring is 1. The number of aryl methyl sites for hydroxylation is 2. The minimum absolute atomic E-state index is 0.782. The third-order valence-corrected chi connectivity index (χ3v) is 3.41. The van der Waals surface area contributed by atoms with Gasteiger partial charge < -0.3 is 5.73 Å². The zero-order chi connectivity index (χ0) is 11.5. The number of anilines is 1. The Balaban J connectivity index is 2.08. The number of thioether (sulfide) groups is 1. The molecule has 0 saturated heterocycles. The highest BCUT2D eigenvalue weighted by molar-refractivity contribution is 7.98. The van der Waals surface area contributed by atoms with E-state index in [2.05, 4.69) is 16.1 Å². The van der Waals surface area contributed by atoms with Crippen LogP contribution in [-0.2, 0) is 12.8 Å². The van der Waals surface area contributed by atoms with Crippen LogP contribution in [0.1, 0.15) is 11.4 Å². The molecule has 2 N–H and O–H groups in total. The summed E-state index contributed by atoms with van der Waals surface area (Å²) in [5.41, 5.74) is 7.94. The maximum absolute atomic E-state index is 5.94. The van der Waals surface area contributed by atoms with E-state index in [9.17, 15) is 0 Å². The van der Waals surface area contributed by atoms with E-state index in [-0.39, 0.29) is 0 Å². The van der Waals surface area contributed by atoms with Crippen molar-refractivity contribution >= 4 is 17.4 Å². The second kappa shape index (κ2) is 4.57. The molecule has 0 aliphatic heterocycles. The second-order valence-electron chi connectivity index (χ2n) is 3.63. The van der Waals surface area contributed by atoms with E-state index in [4.69, 9.17) is 5.73 Å². The Labute approximate surface area is 98.9 Å². The van der Waals surface area contributed by atoms with Gasteiger partial charge in [0.15, 0.2) is 0 Å². The molecule has 0 aliphatic rings. The molecule has 1 heterocycles. The van der Waals surface area contributed by atoms with Crippen molar-refractivity contribution in [2.24, 2.45) is 7.05 Å². The predicted octanol–water partition coefficient (Wildman–Crippen LogP) is 2.00. The second-order valence-corrected chi connectivity index (χ2v) is 4.65. The average Bonchev–Trinajstić information content (AvgIpc) is 2.63. The molecule has 1 aromatic carbocycles. The highest BCUT2D eigenvalue weighted by Crippen LogP contribution is 2.27. The minimum atomic E-state index is 0.782. The molecule has 0 atom stereocenters. The summed E-state index contributed by atoms with van der Waals surface area (Å²) in [7, 11) is 1.89. The van der Waals surface area contributed by atoms with E-state index in [1.54, 1.807) is 22.8 Å². The van der Waals surface area contributed by atoms with Gasteiger partial charge in [-0.3, -0.25) is 4.68 Å². The van der Waals surface area contributed by atoms with Crippen LogP contribution in [0.4, 0.5) is 5.69 Å². The van der Waals surface area contributed by atoms with Crippen molar-refractivity contribution in [2.75, 3.05) is 5.73 Å². The fourth-order valence-corrected chi connectivity index (χ4v) is 2.33. The molecule has 4 nitrogen and oxygen atoms in total. The molecule has 0 spiro atoms. The normalized spacial score (nSPS) is 10.6. The first-order valence-corrected chi connectivity index (χ1v) is 5.97. The van der Waals surface area contributed by atoms with Gasteiger partial charge in [-0.15, -0.1) is 11.8 Å². The van der Waals surface area contributed by atoms with Gasteiger partial charge in [0.2, 0.25) is 0 Å². The van der Waals surface area contributed by atoms with Crippen LogP contribution in [0.2, 0.25) is 0 Å². The summed E-state index contributed by atoms with van der Waals surface area (Å²) in [5, 5.41) is 4.03. The van der Waals surface area contributed by atoms with Crippen LogP contribution in [0.15, 0.2) is 29.4 Å². The fraction of sp³-hybridized carbons (Fsp3) is 0.273. The summed E-state index contributed by atoms with van der Waals surface area (Å²) in [6.45, 7) is 2.04. The fourth-order valence-electron chi connectivity index (χ4n) is 1.39. The Morgan fingerprint density at radius 3 is 2.88 bits per heavy atom. The SMILES string of the molecule is Cc1ccc(SCc2ncnn2C)c(N)c1. The van der Waals surface area contributed by atoms with Crippen LogP contribution in [0, 0.1) is 6.92 Å². The number of nitrogens with zero attached hydrogens (tertiary/aromatic N) is 3. The highest BCUT2D eigenvalue weighted by Gasteiger charge is 2.04. The first kappa shape index (κ1) is 11.0. The van der Waals surface area contributed by atoms with Crippen molar-refractivity contribution in [1.82, 2.24) is 14.8 Å². The summed E-state index contributed by atoms with van der Waals surface area (Å²) in [6.07, 6.45) is 1.56. The Morgan fingerprint density at radius 2 is 2.25 bits per heavy atom. The molecule has 0 aliphatic carbocycles. The van der Waals surface area contributed by atoms with Gasteiger partial charge >= 0.3 is 0 Å². The Hall–Kier alpha value is -1.49. The molecule has 0 radical (unpaired) electrons. The molecule has 2 aromatic rings. The lowest BCUT2D eigenvalue weighted by Gasteiger charge is -2.05. The van der Waals surface area contributed by atoms with Gasteiger partial charge in [-0.1, -0.05) is 6.07 Å². The summed E-state index contributed by atoms with van der Waals surface area (Å²) >= 11 is 1.68. The van der Waals surface area contributed by atoms with Crippen molar-refractivity contribution in [2.45, 2.75) is 17.6 Å². The van der Waals surface area contributed by atoms with Crippen LogP contribution in [0.3, 0.4) is 0 Å². The molecule has 84 valence electrons. The van der Waals surface area contributed by atoms with Gasteiger partial charge in [-0.05, 0) is 24.6 Å². The number of nitrogens with two attached hydrogens (primary N) is 1. The summed E-state index contributed by atoms with van der Waals surface area (Å²) in [5.74, 6) is 1.73. The molecule has 1 aromatic heterocycles. The number of rotatable bonds is 3. The first-order valence-electron chi connectivity index (χ1n) is 4.98. The smallest absolute Gasteiger partial charge is 0.138 e. The summed E-state index contributed by atoms with van der Waals surface area (Å²) in [4.78, 5) is 5.26. The van der Waals surface area contributed by atoms with Crippen molar-refractivity contribution < 1.29 is 0 Å². The summed E-state index contributed by atoms with van der Waals surface area (Å²) in [6, 6.07) is 6.10. The van der Waals surface area contributed by atoms with Crippen LogP contribution in [0.25, 0.3) is 0 Å². The van der Waals surface area contributed by atoms with Gasteiger partial charge in [0.05, 0.1) is 5.75 Å². The van der Waals surface area contributed by atoms with Gasteiger partial charge in [-0.25, -0.2) is 4.98 Å². The minimum Gasteiger partial charge on any atom is -0.398 e. The van der Waals surface area contributed by atoms with Crippen molar-refractivity contribution in [3.63, 3.8) is 0 Å². The van der Waals surface area contributed by atoms with E-state index in [1.165, 1.54) is 5.56 Å². The van der Waals surface area contributed by atoms with Gasteiger partial charge in [-0.2, -0.15) is 5.10 Å². The number of benzene rings is 1. The molecule has 16 heavy (non-hydrogen) atoms. The van der Waals surface area contributed by atoms with Crippen molar-refractivity contribution in [3.8, 4) is 0 Å². The highest BCUT2D eigenvalue weighted by atomic mass is 32.2. The van der Waals surface area contributed by atoms with E-state index < -0.39 is 0 Å². The van der Waals surface area contributed by atoms with Gasteiger partial charge in [0.25, 0.3) is 0 Å². The quantitative estimate of drug-likeness (QED) is 0.652. The number of hydrogen-bond donors (Lipinski definition) is 1. The molecule has 5 heteroatoms. The Bertz CT molecular complexity index is 492. The zero-order valence-electron chi connectivity index (χ0n) is 9.34. The third kappa shape index (κ3) is 2.36. The average molecular weight is 234 g/mol. The third-order valence-electron chi connectivity index (χ3n) is 2.33. The topological polar surface area (TPSA) is 56.7 Å². The van der Waals surface area contributed by atoms with Crippen LogP contribution < -0.4 is 5.73 Å². The zero-order valence-corrected chi connectivity index (χ0v) is 10.2. The van der Waals surface area contributed by atoms with E-state index in [1.807, 2.05) is 26.1 Å². The predicted molar refractivity (Wildman–Crippen MR) is 66.2 cm³/mol. The molecular weight excluding hydrogens is 220 g/mol. The Kier molecular flexibility index (Phi) is 3.14. The van der Waals surface area contributed by atoms with Crippen molar-refractivity contribution in [3.05, 3.63) is 35.9 Å². The molecule has 0 unspecified atom stereocenters. The van der Waals surface area contributed by atoms with Crippen LogP contribution >= 0.6 is 11.8 Å². The lowest BCUT2D eigenvalue weighted by molar-refractivity contribution is 0.730.